The maximum absolute atomic E-state index is 3.18. The molecule has 70 valence electrons. The van der Waals surface area contributed by atoms with E-state index in [1.807, 2.05) is 0 Å². The number of unbranched alkanes of at least 4 members (excludes halogenated alkanes) is 2. The van der Waals surface area contributed by atoms with Crippen LogP contribution in [-0.2, 0) is 0 Å². The molecule has 0 saturated carbocycles. The first-order valence-electron chi connectivity index (χ1n) is 5.27. The molecule has 1 unspecified atom stereocenters. The van der Waals surface area contributed by atoms with Gasteiger partial charge in [-0.2, -0.15) is 0 Å². The molecule has 0 nitrogen and oxygen atoms in total. The molecule has 0 radical (unpaired) electrons. The molecule has 0 spiro atoms. The van der Waals surface area contributed by atoms with E-state index >= 15 is 0 Å². The van der Waals surface area contributed by atoms with Crippen molar-refractivity contribution < 1.29 is 0 Å². The molecule has 0 aliphatic carbocycles. The van der Waals surface area contributed by atoms with Crippen LogP contribution >= 0.6 is 0 Å². The van der Waals surface area contributed by atoms with Crippen LogP contribution in [0, 0.1) is 17.8 Å². The van der Waals surface area contributed by atoms with E-state index in [0.29, 0.717) is 0 Å². The molecule has 0 amide bonds. The summed E-state index contributed by atoms with van der Waals surface area (Å²) in [7, 11) is 0. The van der Waals surface area contributed by atoms with Gasteiger partial charge in [0.1, 0.15) is 0 Å². The van der Waals surface area contributed by atoms with Crippen LogP contribution in [0.4, 0.5) is 0 Å². The van der Waals surface area contributed by atoms with E-state index in [1.165, 1.54) is 25.7 Å². The Hall–Kier alpha value is -0.440. The maximum atomic E-state index is 3.18. The van der Waals surface area contributed by atoms with E-state index in [0.717, 1.165) is 18.8 Å². The van der Waals surface area contributed by atoms with Crippen molar-refractivity contribution >= 4 is 0 Å². The summed E-state index contributed by atoms with van der Waals surface area (Å²) in [4.78, 5) is 0. The molecule has 0 aromatic rings. The van der Waals surface area contributed by atoms with Crippen LogP contribution in [0.3, 0.4) is 0 Å². The van der Waals surface area contributed by atoms with Crippen LogP contribution in [0.25, 0.3) is 0 Å². The van der Waals surface area contributed by atoms with Gasteiger partial charge in [0.2, 0.25) is 0 Å². The smallest absolute Gasteiger partial charge is 0.00886 e. The summed E-state index contributed by atoms with van der Waals surface area (Å²) >= 11 is 0. The van der Waals surface area contributed by atoms with Crippen molar-refractivity contribution in [3.8, 4) is 11.8 Å². The lowest BCUT2D eigenvalue weighted by atomic mass is 10.0. The molecule has 0 aliphatic heterocycles. The topological polar surface area (TPSA) is 0 Å². The molecule has 1 atom stereocenters. The van der Waals surface area contributed by atoms with Crippen LogP contribution in [0.15, 0.2) is 0 Å². The van der Waals surface area contributed by atoms with Crippen molar-refractivity contribution in [1.29, 1.82) is 0 Å². The highest BCUT2D eigenvalue weighted by Gasteiger charge is 1.96. The summed E-state index contributed by atoms with van der Waals surface area (Å²) in [5.41, 5.74) is 0. The summed E-state index contributed by atoms with van der Waals surface area (Å²) in [6, 6.07) is 0. The molecule has 0 saturated heterocycles. The van der Waals surface area contributed by atoms with Crippen molar-refractivity contribution in [3.63, 3.8) is 0 Å². The molecule has 0 bridgehead atoms. The minimum absolute atomic E-state index is 0.907. The normalized spacial score (nSPS) is 11.9. The Morgan fingerprint density at radius 1 is 1.08 bits per heavy atom. The fraction of sp³-hybridized carbons (Fsp3) is 0.833. The van der Waals surface area contributed by atoms with Gasteiger partial charge in [-0.3, -0.25) is 0 Å². The predicted molar refractivity (Wildman–Crippen MR) is 56.0 cm³/mol. The predicted octanol–water partition coefficient (Wildman–Crippen LogP) is 4.01. The second-order valence-corrected chi connectivity index (χ2v) is 3.47. The van der Waals surface area contributed by atoms with Crippen molar-refractivity contribution in [2.45, 2.75) is 59.3 Å². The Kier molecular flexibility index (Phi) is 8.34. The van der Waals surface area contributed by atoms with E-state index in [9.17, 15) is 0 Å². The van der Waals surface area contributed by atoms with Crippen molar-refractivity contribution in [2.75, 3.05) is 0 Å². The Labute approximate surface area is 77.8 Å². The van der Waals surface area contributed by atoms with E-state index in [1.54, 1.807) is 0 Å². The molecule has 12 heavy (non-hydrogen) atoms. The van der Waals surface area contributed by atoms with Gasteiger partial charge in [0, 0.05) is 12.8 Å². The zero-order chi connectivity index (χ0) is 9.23. The molecule has 0 aromatic heterocycles. The van der Waals surface area contributed by atoms with E-state index in [-0.39, 0.29) is 0 Å². The van der Waals surface area contributed by atoms with Gasteiger partial charge in [-0.15, -0.1) is 11.8 Å². The van der Waals surface area contributed by atoms with E-state index in [4.69, 9.17) is 0 Å². The standard InChI is InChI=1S/C12H22/c1-4-6-7-8-9-10-11-12(3)5-2/h12H,4-5,8-11H2,1-3H3. The van der Waals surface area contributed by atoms with Gasteiger partial charge in [-0.05, 0) is 12.3 Å². The van der Waals surface area contributed by atoms with Crippen molar-refractivity contribution in [1.82, 2.24) is 0 Å². The van der Waals surface area contributed by atoms with Gasteiger partial charge in [0.15, 0.2) is 0 Å². The van der Waals surface area contributed by atoms with E-state index < -0.39 is 0 Å². The number of rotatable bonds is 5. The van der Waals surface area contributed by atoms with Gasteiger partial charge >= 0.3 is 0 Å². The summed E-state index contributed by atoms with van der Waals surface area (Å²) in [6.45, 7) is 6.70. The number of hydrogen-bond acceptors (Lipinski definition) is 0. The van der Waals surface area contributed by atoms with Crippen molar-refractivity contribution in [3.05, 3.63) is 0 Å². The second kappa shape index (κ2) is 8.65. The average Bonchev–Trinajstić information content (AvgIpc) is 2.10. The first-order chi connectivity index (χ1) is 5.81. The minimum Gasteiger partial charge on any atom is -0.104 e. The van der Waals surface area contributed by atoms with Gasteiger partial charge in [-0.1, -0.05) is 40.0 Å². The summed E-state index contributed by atoms with van der Waals surface area (Å²) in [5.74, 6) is 7.18. The lowest BCUT2D eigenvalue weighted by Gasteiger charge is -2.05. The largest absolute Gasteiger partial charge is 0.104 e. The quantitative estimate of drug-likeness (QED) is 0.427. The summed E-state index contributed by atoms with van der Waals surface area (Å²) < 4.78 is 0. The highest BCUT2D eigenvalue weighted by molar-refractivity contribution is 4.97. The fourth-order valence-electron chi connectivity index (χ4n) is 1.12. The van der Waals surface area contributed by atoms with Gasteiger partial charge < -0.3 is 0 Å². The summed E-state index contributed by atoms with van der Waals surface area (Å²) in [6.07, 6.45) is 7.45. The Morgan fingerprint density at radius 2 is 1.83 bits per heavy atom. The van der Waals surface area contributed by atoms with Crippen LogP contribution in [0.2, 0.25) is 0 Å². The number of hydrogen-bond donors (Lipinski definition) is 0. The molecule has 0 rings (SSSR count). The van der Waals surface area contributed by atoms with Gasteiger partial charge in [0.05, 0.1) is 0 Å². The Morgan fingerprint density at radius 3 is 2.42 bits per heavy atom. The van der Waals surface area contributed by atoms with Gasteiger partial charge in [0.25, 0.3) is 0 Å². The third-order valence-corrected chi connectivity index (χ3v) is 2.25. The third-order valence-electron chi connectivity index (χ3n) is 2.25. The average molecular weight is 166 g/mol. The van der Waals surface area contributed by atoms with E-state index in [2.05, 4.69) is 32.6 Å². The molecule has 0 aromatic carbocycles. The molecule has 0 heterocycles. The lowest BCUT2D eigenvalue weighted by molar-refractivity contribution is 0.487. The van der Waals surface area contributed by atoms with Crippen molar-refractivity contribution in [2.24, 2.45) is 5.92 Å². The third kappa shape index (κ3) is 7.66. The highest BCUT2D eigenvalue weighted by Crippen LogP contribution is 2.11. The lowest BCUT2D eigenvalue weighted by Crippen LogP contribution is -1.90. The highest BCUT2D eigenvalue weighted by atomic mass is 14.0. The van der Waals surface area contributed by atoms with Crippen LogP contribution in [0.1, 0.15) is 59.3 Å². The Bertz CT molecular complexity index is 136. The van der Waals surface area contributed by atoms with Crippen LogP contribution in [0.5, 0.6) is 0 Å². The Balaban J connectivity index is 3.10. The zero-order valence-corrected chi connectivity index (χ0v) is 8.82. The monoisotopic (exact) mass is 166 g/mol. The van der Waals surface area contributed by atoms with Crippen LogP contribution in [-0.4, -0.2) is 0 Å². The van der Waals surface area contributed by atoms with Gasteiger partial charge in [-0.25, -0.2) is 0 Å². The minimum atomic E-state index is 0.907. The zero-order valence-electron chi connectivity index (χ0n) is 8.82. The molecule has 0 heteroatoms. The first-order valence-corrected chi connectivity index (χ1v) is 5.27. The maximum Gasteiger partial charge on any atom is 0.00886 e. The molecular weight excluding hydrogens is 144 g/mol. The molecule has 0 fully saturated rings. The molecule has 0 N–H and O–H groups in total. The molecular formula is C12H22. The van der Waals surface area contributed by atoms with Crippen LogP contribution < -0.4 is 0 Å². The molecule has 0 aliphatic rings. The summed E-state index contributed by atoms with van der Waals surface area (Å²) in [5, 5.41) is 0. The first kappa shape index (κ1) is 11.6. The second-order valence-electron chi connectivity index (χ2n) is 3.47. The fourth-order valence-corrected chi connectivity index (χ4v) is 1.12. The SMILES string of the molecule is CCC#CCCCCC(C)CC.